The highest BCUT2D eigenvalue weighted by molar-refractivity contribution is 5.87. The molecule has 2 saturated heterocycles. The highest BCUT2D eigenvalue weighted by Gasteiger charge is 2.47. The van der Waals surface area contributed by atoms with Crippen LogP contribution in [0.2, 0.25) is 0 Å². The van der Waals surface area contributed by atoms with E-state index in [0.717, 1.165) is 6.42 Å². The van der Waals surface area contributed by atoms with Crippen LogP contribution in [0.3, 0.4) is 0 Å². The summed E-state index contributed by atoms with van der Waals surface area (Å²) in [6.45, 7) is 0.521. The highest BCUT2D eigenvalue weighted by Crippen LogP contribution is 2.29. The molecule has 3 amide bonds. The molecule has 2 fully saturated rings. The number of primary amides is 1. The van der Waals surface area contributed by atoms with Crippen LogP contribution in [0.1, 0.15) is 12.8 Å². The Morgan fingerprint density at radius 1 is 1.56 bits per heavy atom. The summed E-state index contributed by atoms with van der Waals surface area (Å²) in [5.41, 5.74) is 5.24. The Hall–Kier alpha value is -1.34. The maximum Gasteiger partial charge on any atom is 0.345 e. The topological polar surface area (TPSA) is 85.1 Å². The van der Waals surface area contributed by atoms with E-state index in [4.69, 9.17) is 15.3 Å². The fourth-order valence-corrected chi connectivity index (χ4v) is 2.20. The number of hydrogen-bond donors (Lipinski definition) is 1. The molecule has 2 aliphatic heterocycles. The van der Waals surface area contributed by atoms with Gasteiger partial charge in [-0.15, -0.1) is 0 Å². The molecular weight excluding hydrogens is 214 g/mol. The van der Waals surface area contributed by atoms with Crippen molar-refractivity contribution in [1.29, 1.82) is 0 Å². The van der Waals surface area contributed by atoms with Crippen LogP contribution >= 0.6 is 0 Å². The molecule has 2 rings (SSSR count). The van der Waals surface area contributed by atoms with Crippen LogP contribution < -0.4 is 5.73 Å². The van der Waals surface area contributed by atoms with E-state index in [9.17, 15) is 9.59 Å². The van der Waals surface area contributed by atoms with Gasteiger partial charge in [-0.2, -0.15) is 5.06 Å². The fraction of sp³-hybridized carbons (Fsp3) is 0.778. The quantitative estimate of drug-likeness (QED) is 0.644. The predicted octanol–water partition coefficient (Wildman–Crippen LogP) is -0.724. The second-order valence-corrected chi connectivity index (χ2v) is 3.95. The Labute approximate surface area is 93.0 Å². The molecule has 0 aliphatic carbocycles. The van der Waals surface area contributed by atoms with E-state index < -0.39 is 11.9 Å². The average molecular weight is 229 g/mol. The Morgan fingerprint density at radius 3 is 2.94 bits per heavy atom. The number of carbonyl (C=O) groups excluding carboxylic acids is 2. The lowest BCUT2D eigenvalue weighted by molar-refractivity contribution is -0.194. The van der Waals surface area contributed by atoms with Crippen molar-refractivity contribution in [3.8, 4) is 0 Å². The summed E-state index contributed by atoms with van der Waals surface area (Å²) < 4.78 is 4.75. The van der Waals surface area contributed by atoms with E-state index in [1.165, 1.54) is 17.1 Å². The van der Waals surface area contributed by atoms with Crippen molar-refractivity contribution < 1.29 is 19.2 Å². The summed E-state index contributed by atoms with van der Waals surface area (Å²) >= 11 is 0. The number of methoxy groups -OCH3 is 1. The van der Waals surface area contributed by atoms with Crippen LogP contribution in [-0.4, -0.2) is 54.4 Å². The highest BCUT2D eigenvalue weighted by atomic mass is 16.8. The number of rotatable bonds is 4. The van der Waals surface area contributed by atoms with Gasteiger partial charge >= 0.3 is 6.03 Å². The molecule has 7 heteroatoms. The maximum absolute atomic E-state index is 11.9. The molecule has 2 N–H and O–H groups in total. The normalized spacial score (nSPS) is 28.7. The number of carbonyl (C=O) groups is 2. The number of urea groups is 1. The number of hydrogen-bond acceptors (Lipinski definition) is 4. The first-order valence-electron chi connectivity index (χ1n) is 5.16. The number of hydroxylamine groups is 2. The van der Waals surface area contributed by atoms with Gasteiger partial charge in [-0.05, 0) is 12.8 Å². The van der Waals surface area contributed by atoms with Gasteiger partial charge in [0.25, 0.3) is 0 Å². The molecule has 7 nitrogen and oxygen atoms in total. The SMILES string of the molecule is COCON1C(=O)N2CC1CC[C@H]2C(N)=O. The second-order valence-electron chi connectivity index (χ2n) is 3.95. The standard InChI is InChI=1S/C9H15N3O4/c1-15-5-16-12-6-2-3-7(8(10)13)11(4-6)9(12)14/h6-7H,2-5H2,1H3,(H2,10,13)/t6?,7-/m0/s1. The van der Waals surface area contributed by atoms with Crippen molar-refractivity contribution in [2.24, 2.45) is 5.73 Å². The molecule has 0 aromatic rings. The van der Waals surface area contributed by atoms with E-state index in [1.807, 2.05) is 0 Å². The molecule has 1 unspecified atom stereocenters. The minimum atomic E-state index is -0.500. The zero-order valence-electron chi connectivity index (χ0n) is 9.09. The van der Waals surface area contributed by atoms with Gasteiger partial charge in [0, 0.05) is 13.7 Å². The molecule has 0 spiro atoms. The number of ether oxygens (including phenoxy) is 1. The van der Waals surface area contributed by atoms with Crippen LogP contribution in [0.5, 0.6) is 0 Å². The van der Waals surface area contributed by atoms with E-state index >= 15 is 0 Å². The van der Waals surface area contributed by atoms with Crippen molar-refractivity contribution in [2.45, 2.75) is 24.9 Å². The minimum absolute atomic E-state index is 0.00162. The lowest BCUT2D eigenvalue weighted by Crippen LogP contribution is -2.47. The largest absolute Gasteiger partial charge is 0.368 e. The number of fused-ring (bicyclic) bond motifs is 2. The Kier molecular flexibility index (Phi) is 2.97. The molecule has 16 heavy (non-hydrogen) atoms. The van der Waals surface area contributed by atoms with Gasteiger partial charge < -0.3 is 15.4 Å². The zero-order valence-corrected chi connectivity index (χ0v) is 9.09. The molecule has 0 aromatic heterocycles. The third-order valence-corrected chi connectivity index (χ3v) is 2.96. The minimum Gasteiger partial charge on any atom is -0.368 e. The van der Waals surface area contributed by atoms with Gasteiger partial charge in [-0.25, -0.2) is 9.63 Å². The van der Waals surface area contributed by atoms with Crippen molar-refractivity contribution in [3.63, 3.8) is 0 Å². The molecule has 0 saturated carbocycles. The smallest absolute Gasteiger partial charge is 0.345 e. The van der Waals surface area contributed by atoms with Gasteiger partial charge in [-0.1, -0.05) is 0 Å². The maximum atomic E-state index is 11.9. The summed E-state index contributed by atoms with van der Waals surface area (Å²) in [6, 6.07) is -0.804. The van der Waals surface area contributed by atoms with Crippen molar-refractivity contribution in [3.05, 3.63) is 0 Å². The summed E-state index contributed by atoms with van der Waals surface area (Å²) in [5.74, 6) is -0.458. The van der Waals surface area contributed by atoms with Crippen LogP contribution in [0.4, 0.5) is 4.79 Å². The third kappa shape index (κ3) is 1.72. The molecule has 0 aromatic carbocycles. The van der Waals surface area contributed by atoms with Gasteiger partial charge in [-0.3, -0.25) is 4.79 Å². The summed E-state index contributed by atoms with van der Waals surface area (Å²) in [4.78, 5) is 29.7. The Balaban J connectivity index is 2.07. The number of amides is 3. The first-order chi connectivity index (χ1) is 7.65. The summed E-state index contributed by atoms with van der Waals surface area (Å²) in [6.07, 6.45) is 1.32. The monoisotopic (exact) mass is 229 g/mol. The van der Waals surface area contributed by atoms with Crippen molar-refractivity contribution in [2.75, 3.05) is 20.4 Å². The van der Waals surface area contributed by atoms with Gasteiger partial charge in [0.05, 0.1) is 6.04 Å². The Morgan fingerprint density at radius 2 is 2.31 bits per heavy atom. The van der Waals surface area contributed by atoms with E-state index in [1.54, 1.807) is 0 Å². The molecule has 2 atom stereocenters. The lowest BCUT2D eigenvalue weighted by atomic mass is 10.0. The van der Waals surface area contributed by atoms with Gasteiger partial charge in [0.15, 0.2) is 6.79 Å². The van der Waals surface area contributed by atoms with Crippen LogP contribution in [0.15, 0.2) is 0 Å². The van der Waals surface area contributed by atoms with Crippen molar-refractivity contribution in [1.82, 2.24) is 9.96 Å². The number of piperidine rings is 1. The van der Waals surface area contributed by atoms with E-state index in [-0.39, 0.29) is 18.9 Å². The van der Waals surface area contributed by atoms with Gasteiger partial charge in [0.1, 0.15) is 6.04 Å². The fourth-order valence-electron chi connectivity index (χ4n) is 2.20. The second kappa shape index (κ2) is 4.26. The number of nitrogens with two attached hydrogens (primary N) is 1. The average Bonchev–Trinajstić information content (AvgIpc) is 2.50. The summed E-state index contributed by atoms with van der Waals surface area (Å²) in [5, 5.41) is 1.28. The first-order valence-corrected chi connectivity index (χ1v) is 5.16. The molecule has 2 bridgehead atoms. The van der Waals surface area contributed by atoms with Crippen molar-refractivity contribution >= 4 is 11.9 Å². The third-order valence-electron chi connectivity index (χ3n) is 2.96. The van der Waals surface area contributed by atoms with Crippen LogP contribution in [0.25, 0.3) is 0 Å². The van der Waals surface area contributed by atoms with E-state index in [0.29, 0.717) is 13.0 Å². The Bertz CT molecular complexity index is 309. The lowest BCUT2D eigenvalue weighted by Gasteiger charge is -2.27. The number of nitrogens with zero attached hydrogens (tertiary/aromatic N) is 2. The molecular formula is C9H15N3O4. The van der Waals surface area contributed by atoms with Gasteiger partial charge in [0.2, 0.25) is 5.91 Å². The first kappa shape index (κ1) is 11.2. The van der Waals surface area contributed by atoms with Crippen LogP contribution in [0, 0.1) is 0 Å². The summed E-state index contributed by atoms with van der Waals surface area (Å²) in [7, 11) is 1.49. The molecule has 2 aliphatic rings. The zero-order chi connectivity index (χ0) is 11.7. The van der Waals surface area contributed by atoms with Crippen LogP contribution in [-0.2, 0) is 14.4 Å². The van der Waals surface area contributed by atoms with E-state index in [2.05, 4.69) is 0 Å². The molecule has 2 heterocycles. The molecule has 90 valence electrons. The predicted molar refractivity (Wildman–Crippen MR) is 52.9 cm³/mol. The molecule has 0 radical (unpaired) electrons.